The van der Waals surface area contributed by atoms with Crippen LogP contribution in [0.4, 0.5) is 0 Å². The van der Waals surface area contributed by atoms with Crippen molar-refractivity contribution in [2.24, 2.45) is 4.99 Å². The molecule has 1 rings (SSSR count). The van der Waals surface area contributed by atoms with Crippen LogP contribution >= 0.6 is 24.0 Å². The van der Waals surface area contributed by atoms with Crippen molar-refractivity contribution in [3.63, 3.8) is 0 Å². The van der Waals surface area contributed by atoms with Crippen molar-refractivity contribution in [3.8, 4) is 18.1 Å². The maximum absolute atomic E-state index is 5.62. The van der Waals surface area contributed by atoms with Crippen LogP contribution in [-0.4, -0.2) is 32.2 Å². The van der Waals surface area contributed by atoms with E-state index in [1.807, 2.05) is 37.3 Å². The van der Waals surface area contributed by atoms with Crippen molar-refractivity contribution in [1.82, 2.24) is 10.6 Å². The van der Waals surface area contributed by atoms with Crippen LogP contribution in [-0.2, 0) is 0 Å². The number of nitrogens with zero attached hydrogens (tertiary/aromatic N) is 1. The van der Waals surface area contributed by atoms with Gasteiger partial charge in [0, 0.05) is 13.1 Å². The number of para-hydroxylation sites is 1. The summed E-state index contributed by atoms with van der Waals surface area (Å²) in [7, 11) is 0. The lowest BCUT2D eigenvalue weighted by molar-refractivity contribution is 0.308. The van der Waals surface area contributed by atoms with Crippen molar-refractivity contribution in [2.45, 2.75) is 19.8 Å². The fourth-order valence-corrected chi connectivity index (χ4v) is 1.59. The van der Waals surface area contributed by atoms with Gasteiger partial charge in [-0.25, -0.2) is 0 Å². The molecule has 0 spiro atoms. The predicted molar refractivity (Wildman–Crippen MR) is 99.4 cm³/mol. The van der Waals surface area contributed by atoms with Crippen LogP contribution in [0.5, 0.6) is 5.75 Å². The molecule has 0 aliphatic heterocycles. The SMILES string of the molecule is C#CCNC(=NCCCCOc1ccccc1)NCC.I. The van der Waals surface area contributed by atoms with Gasteiger partial charge in [-0.1, -0.05) is 24.1 Å². The fraction of sp³-hybridized carbons (Fsp3) is 0.438. The van der Waals surface area contributed by atoms with Crippen LogP contribution in [0.1, 0.15) is 19.8 Å². The summed E-state index contributed by atoms with van der Waals surface area (Å²) in [6.45, 7) is 4.82. The Bertz CT molecular complexity index is 429. The summed E-state index contributed by atoms with van der Waals surface area (Å²) in [6.07, 6.45) is 7.18. The summed E-state index contributed by atoms with van der Waals surface area (Å²) in [5, 5.41) is 6.20. The fourth-order valence-electron chi connectivity index (χ4n) is 1.59. The van der Waals surface area contributed by atoms with Gasteiger partial charge in [-0.3, -0.25) is 4.99 Å². The molecule has 0 unspecified atom stereocenters. The van der Waals surface area contributed by atoms with Gasteiger partial charge in [-0.05, 0) is 31.9 Å². The van der Waals surface area contributed by atoms with E-state index in [4.69, 9.17) is 11.2 Å². The van der Waals surface area contributed by atoms with E-state index < -0.39 is 0 Å². The highest BCUT2D eigenvalue weighted by molar-refractivity contribution is 14.0. The predicted octanol–water partition coefficient (Wildman–Crippen LogP) is 2.65. The van der Waals surface area contributed by atoms with Crippen molar-refractivity contribution < 1.29 is 4.74 Å². The van der Waals surface area contributed by atoms with E-state index in [1.54, 1.807) is 0 Å². The normalized spacial score (nSPS) is 10.2. The number of nitrogens with one attached hydrogen (secondary N) is 2. The average molecular weight is 401 g/mol. The van der Waals surface area contributed by atoms with Gasteiger partial charge in [0.2, 0.25) is 0 Å². The van der Waals surface area contributed by atoms with Crippen molar-refractivity contribution in [1.29, 1.82) is 0 Å². The Balaban J connectivity index is 0.00000400. The molecule has 0 amide bonds. The molecule has 5 heteroatoms. The van der Waals surface area contributed by atoms with E-state index in [0.717, 1.165) is 37.6 Å². The molecule has 0 radical (unpaired) electrons. The zero-order chi connectivity index (χ0) is 14.5. The summed E-state index contributed by atoms with van der Waals surface area (Å²) in [4.78, 5) is 4.44. The van der Waals surface area contributed by atoms with Crippen molar-refractivity contribution >= 4 is 29.9 Å². The lowest BCUT2D eigenvalue weighted by atomic mass is 10.3. The van der Waals surface area contributed by atoms with Gasteiger partial charge in [0.1, 0.15) is 5.75 Å². The van der Waals surface area contributed by atoms with Gasteiger partial charge in [0.25, 0.3) is 0 Å². The second kappa shape index (κ2) is 13.6. The molecule has 1 aromatic rings. The quantitative estimate of drug-likeness (QED) is 0.232. The molecule has 116 valence electrons. The minimum absolute atomic E-state index is 0. The molecule has 0 bridgehead atoms. The van der Waals surface area contributed by atoms with Gasteiger partial charge in [0.05, 0.1) is 13.2 Å². The highest BCUT2D eigenvalue weighted by atomic mass is 127. The molecule has 0 saturated carbocycles. The Morgan fingerprint density at radius 1 is 1.24 bits per heavy atom. The third-order valence-corrected chi connectivity index (χ3v) is 2.54. The number of terminal acetylenes is 1. The minimum atomic E-state index is 0. The zero-order valence-corrected chi connectivity index (χ0v) is 14.8. The number of hydrogen-bond donors (Lipinski definition) is 2. The van der Waals surface area contributed by atoms with Gasteiger partial charge < -0.3 is 15.4 Å². The highest BCUT2D eigenvalue weighted by Gasteiger charge is 1.95. The number of halogens is 1. The number of ether oxygens (including phenoxy) is 1. The van der Waals surface area contributed by atoms with E-state index in [0.29, 0.717) is 13.2 Å². The molecule has 0 heterocycles. The minimum Gasteiger partial charge on any atom is -0.494 e. The van der Waals surface area contributed by atoms with Crippen LogP contribution in [0.25, 0.3) is 0 Å². The topological polar surface area (TPSA) is 45.7 Å². The van der Waals surface area contributed by atoms with Gasteiger partial charge in [0.15, 0.2) is 5.96 Å². The second-order valence-electron chi connectivity index (χ2n) is 4.19. The maximum Gasteiger partial charge on any atom is 0.192 e. The molecule has 4 nitrogen and oxygen atoms in total. The van der Waals surface area contributed by atoms with Gasteiger partial charge in [-0.2, -0.15) is 0 Å². The van der Waals surface area contributed by atoms with E-state index >= 15 is 0 Å². The number of unbranched alkanes of at least 4 members (excludes halogenated alkanes) is 1. The van der Waals surface area contributed by atoms with Crippen molar-refractivity contribution in [2.75, 3.05) is 26.2 Å². The lowest BCUT2D eigenvalue weighted by Gasteiger charge is -2.09. The highest BCUT2D eigenvalue weighted by Crippen LogP contribution is 2.08. The first-order valence-corrected chi connectivity index (χ1v) is 7.00. The Morgan fingerprint density at radius 2 is 2.00 bits per heavy atom. The number of guanidine groups is 1. The van der Waals surface area contributed by atoms with Gasteiger partial charge >= 0.3 is 0 Å². The first-order valence-electron chi connectivity index (χ1n) is 7.00. The summed E-state index contributed by atoms with van der Waals surface area (Å²) in [5.74, 6) is 4.22. The molecule has 0 aliphatic carbocycles. The molecular weight excluding hydrogens is 377 g/mol. The maximum atomic E-state index is 5.62. The molecule has 0 fully saturated rings. The van der Waals surface area contributed by atoms with Crippen LogP contribution in [0.3, 0.4) is 0 Å². The van der Waals surface area contributed by atoms with Crippen LogP contribution in [0.15, 0.2) is 35.3 Å². The Labute approximate surface area is 144 Å². The smallest absolute Gasteiger partial charge is 0.192 e. The molecule has 0 aromatic heterocycles. The van der Waals surface area contributed by atoms with E-state index in [1.165, 1.54) is 0 Å². The molecule has 2 N–H and O–H groups in total. The molecule has 0 saturated heterocycles. The molecular formula is C16H24IN3O. The van der Waals surface area contributed by atoms with Crippen molar-refractivity contribution in [3.05, 3.63) is 30.3 Å². The summed E-state index contributed by atoms with van der Waals surface area (Å²) in [6, 6.07) is 9.85. The standard InChI is InChI=1S/C16H23N3O.HI/c1-3-12-18-16(17-4-2)19-13-8-9-14-20-15-10-6-5-7-11-15;/h1,5-7,10-11H,4,8-9,12-14H2,2H3,(H2,17,18,19);1H. The lowest BCUT2D eigenvalue weighted by Crippen LogP contribution is -2.37. The summed E-state index contributed by atoms with van der Waals surface area (Å²) < 4.78 is 5.62. The Morgan fingerprint density at radius 3 is 2.67 bits per heavy atom. The van der Waals surface area contributed by atoms with E-state index in [2.05, 4.69) is 21.5 Å². The van der Waals surface area contributed by atoms with Crippen LogP contribution in [0.2, 0.25) is 0 Å². The molecule has 21 heavy (non-hydrogen) atoms. The van der Waals surface area contributed by atoms with E-state index in [9.17, 15) is 0 Å². The monoisotopic (exact) mass is 401 g/mol. The molecule has 0 aliphatic rings. The van der Waals surface area contributed by atoms with Gasteiger partial charge in [-0.15, -0.1) is 30.4 Å². The van der Waals surface area contributed by atoms with E-state index in [-0.39, 0.29) is 24.0 Å². The number of rotatable bonds is 8. The number of aliphatic imine (C=N–C) groups is 1. The Kier molecular flexibility index (Phi) is 12.6. The van der Waals surface area contributed by atoms with Crippen LogP contribution in [0, 0.1) is 12.3 Å². The average Bonchev–Trinajstić information content (AvgIpc) is 2.49. The molecule has 1 aromatic carbocycles. The summed E-state index contributed by atoms with van der Waals surface area (Å²) >= 11 is 0. The number of benzene rings is 1. The Hall–Kier alpha value is -1.42. The summed E-state index contributed by atoms with van der Waals surface area (Å²) in [5.41, 5.74) is 0. The zero-order valence-electron chi connectivity index (χ0n) is 12.5. The third-order valence-electron chi connectivity index (χ3n) is 2.54. The first-order chi connectivity index (χ1) is 9.86. The van der Waals surface area contributed by atoms with Crippen LogP contribution < -0.4 is 15.4 Å². The first kappa shape index (κ1) is 19.6. The largest absolute Gasteiger partial charge is 0.494 e. The molecule has 0 atom stereocenters. The third kappa shape index (κ3) is 10.0. The number of hydrogen-bond acceptors (Lipinski definition) is 2. The second-order valence-corrected chi connectivity index (χ2v) is 4.19.